The normalized spacial score (nSPS) is 15.2. The number of hydrogen-bond acceptors (Lipinski definition) is 4. The predicted molar refractivity (Wildman–Crippen MR) is 113 cm³/mol. The lowest BCUT2D eigenvalue weighted by Gasteiger charge is -2.19. The third-order valence-corrected chi connectivity index (χ3v) is 5.94. The van der Waals surface area contributed by atoms with E-state index in [4.69, 9.17) is 9.15 Å². The Bertz CT molecular complexity index is 1180. The topological polar surface area (TPSA) is 56.5 Å². The fourth-order valence-corrected chi connectivity index (χ4v) is 4.12. The average molecular weight is 495 g/mol. The molecule has 0 aliphatic heterocycles. The highest BCUT2D eigenvalue weighted by molar-refractivity contribution is 9.10. The number of ether oxygens (including phenoxy) is 1. The second kappa shape index (κ2) is 8.49. The number of esters is 1. The molecule has 0 N–H and O–H groups in total. The Morgan fingerprint density at radius 1 is 1.03 bits per heavy atom. The Balaban J connectivity index is 1.78. The lowest BCUT2D eigenvalue weighted by Crippen LogP contribution is -2.22. The second-order valence-electron chi connectivity index (χ2n) is 7.55. The van der Waals surface area contributed by atoms with Crippen molar-refractivity contribution in [2.75, 3.05) is 0 Å². The van der Waals surface area contributed by atoms with Gasteiger partial charge in [0.05, 0.1) is 16.9 Å². The molecule has 4 rings (SSSR count). The molecule has 4 nitrogen and oxygen atoms in total. The Hall–Kier alpha value is -2.61. The van der Waals surface area contributed by atoms with E-state index in [0.29, 0.717) is 4.47 Å². The molecule has 1 aromatic heterocycles. The van der Waals surface area contributed by atoms with Gasteiger partial charge in [-0.1, -0.05) is 47.3 Å². The summed E-state index contributed by atoms with van der Waals surface area (Å²) >= 11 is 3.23. The fraction of sp³-hybridized carbons (Fsp3) is 0.304. The van der Waals surface area contributed by atoms with Crippen LogP contribution in [0.3, 0.4) is 0 Å². The van der Waals surface area contributed by atoms with Gasteiger partial charge in [0.15, 0.2) is 0 Å². The van der Waals surface area contributed by atoms with Gasteiger partial charge in [-0.3, -0.25) is 9.59 Å². The third-order valence-electron chi connectivity index (χ3n) is 5.41. The number of carbonyl (C=O) groups is 1. The summed E-state index contributed by atoms with van der Waals surface area (Å²) in [5.74, 6) is -1.97. The summed E-state index contributed by atoms with van der Waals surface area (Å²) in [5, 5.41) is -0.0246. The maximum Gasteiger partial charge on any atom is 0.450 e. The lowest BCUT2D eigenvalue weighted by molar-refractivity contribution is -0.152. The number of alkyl halides is 3. The zero-order chi connectivity index (χ0) is 22.2. The van der Waals surface area contributed by atoms with Crippen molar-refractivity contribution in [3.63, 3.8) is 0 Å². The molecule has 1 aliphatic carbocycles. The molecule has 0 unspecified atom stereocenters. The van der Waals surface area contributed by atoms with Crippen molar-refractivity contribution >= 4 is 32.9 Å². The SMILES string of the molecule is O=C(Oc1ccc2c(=O)c(-c3ccc(Br)cc3)c(C(F)(F)F)oc2c1)C1CCCCC1. The summed E-state index contributed by atoms with van der Waals surface area (Å²) < 4.78 is 52.4. The molecule has 1 saturated carbocycles. The van der Waals surface area contributed by atoms with Crippen molar-refractivity contribution in [3.8, 4) is 16.9 Å². The van der Waals surface area contributed by atoms with Crippen molar-refractivity contribution in [2.45, 2.75) is 38.3 Å². The predicted octanol–water partition coefficient (Wildman–Crippen LogP) is 6.73. The van der Waals surface area contributed by atoms with Crippen LogP contribution in [0.1, 0.15) is 37.9 Å². The molecule has 0 radical (unpaired) electrons. The summed E-state index contributed by atoms with van der Waals surface area (Å²) in [4.78, 5) is 25.3. The zero-order valence-corrected chi connectivity index (χ0v) is 17.9. The standard InChI is InChI=1S/C23H18BrF3O4/c24-15-8-6-13(7-9-15)19-20(28)17-11-10-16(12-18(17)31-21(19)23(25,26)27)30-22(29)14-4-2-1-3-5-14/h6-12,14H,1-5H2. The van der Waals surface area contributed by atoms with Crippen molar-refractivity contribution in [2.24, 2.45) is 5.92 Å². The molecule has 1 aliphatic rings. The molecule has 3 aromatic rings. The van der Waals surface area contributed by atoms with Gasteiger partial charge in [0.1, 0.15) is 11.3 Å². The van der Waals surface area contributed by atoms with Gasteiger partial charge in [-0.05, 0) is 42.7 Å². The van der Waals surface area contributed by atoms with Crippen LogP contribution in [0.2, 0.25) is 0 Å². The average Bonchev–Trinajstić information content (AvgIpc) is 2.74. The largest absolute Gasteiger partial charge is 0.450 e. The van der Waals surface area contributed by atoms with Gasteiger partial charge in [-0.15, -0.1) is 0 Å². The number of benzene rings is 2. The highest BCUT2D eigenvalue weighted by Crippen LogP contribution is 2.38. The summed E-state index contributed by atoms with van der Waals surface area (Å²) in [5.41, 5.74) is -1.55. The minimum Gasteiger partial charge on any atom is -0.450 e. The Kier molecular flexibility index (Phi) is 5.92. The molecule has 1 fully saturated rings. The van der Waals surface area contributed by atoms with Crippen LogP contribution in [-0.4, -0.2) is 5.97 Å². The monoisotopic (exact) mass is 494 g/mol. The van der Waals surface area contributed by atoms with E-state index in [1.165, 1.54) is 24.3 Å². The van der Waals surface area contributed by atoms with Gasteiger partial charge >= 0.3 is 12.1 Å². The number of fused-ring (bicyclic) bond motifs is 1. The van der Waals surface area contributed by atoms with Gasteiger partial charge < -0.3 is 9.15 Å². The smallest absolute Gasteiger partial charge is 0.450 e. The molecule has 1 heterocycles. The van der Waals surface area contributed by atoms with Crippen LogP contribution in [0.5, 0.6) is 5.75 Å². The quantitative estimate of drug-likeness (QED) is 0.299. The molecular formula is C23H18BrF3O4. The molecule has 31 heavy (non-hydrogen) atoms. The highest BCUT2D eigenvalue weighted by atomic mass is 79.9. The first-order valence-corrected chi connectivity index (χ1v) is 10.7. The Morgan fingerprint density at radius 3 is 2.35 bits per heavy atom. The van der Waals surface area contributed by atoms with Gasteiger partial charge in [0, 0.05) is 10.5 Å². The summed E-state index contributed by atoms with van der Waals surface area (Å²) in [6, 6.07) is 9.82. The van der Waals surface area contributed by atoms with Crippen molar-refractivity contribution in [3.05, 3.63) is 62.9 Å². The van der Waals surface area contributed by atoms with Gasteiger partial charge in [0.2, 0.25) is 11.2 Å². The van der Waals surface area contributed by atoms with Gasteiger partial charge in [-0.25, -0.2) is 0 Å². The number of carbonyl (C=O) groups excluding carboxylic acids is 1. The third kappa shape index (κ3) is 4.54. The van der Waals surface area contributed by atoms with Crippen molar-refractivity contribution in [1.29, 1.82) is 0 Å². The van der Waals surface area contributed by atoms with Crippen LogP contribution in [0.25, 0.3) is 22.1 Å². The molecular weight excluding hydrogens is 477 g/mol. The summed E-state index contributed by atoms with van der Waals surface area (Å²) in [6.07, 6.45) is -0.455. The van der Waals surface area contributed by atoms with E-state index in [2.05, 4.69) is 15.9 Å². The highest BCUT2D eigenvalue weighted by Gasteiger charge is 2.39. The first-order chi connectivity index (χ1) is 14.7. The second-order valence-corrected chi connectivity index (χ2v) is 8.47. The van der Waals surface area contributed by atoms with Gasteiger partial charge in [-0.2, -0.15) is 13.2 Å². The molecule has 0 spiro atoms. The maximum absolute atomic E-state index is 13.7. The summed E-state index contributed by atoms with van der Waals surface area (Å²) in [7, 11) is 0. The molecule has 0 atom stereocenters. The van der Waals surface area contributed by atoms with Crippen molar-refractivity contribution in [1.82, 2.24) is 0 Å². The van der Waals surface area contributed by atoms with Crippen LogP contribution in [0.4, 0.5) is 13.2 Å². The maximum atomic E-state index is 13.7. The first kappa shape index (κ1) is 21.6. The molecule has 0 saturated heterocycles. The number of hydrogen-bond donors (Lipinski definition) is 0. The minimum absolute atomic E-state index is 0.0246. The van der Waals surface area contributed by atoms with E-state index in [0.717, 1.165) is 38.2 Å². The van der Waals surface area contributed by atoms with Crippen molar-refractivity contribution < 1.29 is 27.1 Å². The Labute approximate surface area is 184 Å². The van der Waals surface area contributed by atoms with E-state index in [9.17, 15) is 22.8 Å². The Morgan fingerprint density at radius 2 is 1.71 bits per heavy atom. The number of rotatable bonds is 3. The molecule has 0 bridgehead atoms. The molecule has 0 amide bonds. The van der Waals surface area contributed by atoms with E-state index >= 15 is 0 Å². The van der Waals surface area contributed by atoms with E-state index in [1.54, 1.807) is 12.1 Å². The van der Waals surface area contributed by atoms with Crippen LogP contribution in [-0.2, 0) is 11.0 Å². The van der Waals surface area contributed by atoms with Gasteiger partial charge in [0.25, 0.3) is 0 Å². The first-order valence-electron chi connectivity index (χ1n) is 9.90. The van der Waals surface area contributed by atoms with E-state index in [-0.39, 0.29) is 28.2 Å². The van der Waals surface area contributed by atoms with Crippen LogP contribution in [0.15, 0.2) is 56.1 Å². The van der Waals surface area contributed by atoms with E-state index < -0.39 is 28.9 Å². The fourth-order valence-electron chi connectivity index (χ4n) is 3.85. The van der Waals surface area contributed by atoms with Crippen LogP contribution < -0.4 is 10.2 Å². The summed E-state index contributed by atoms with van der Waals surface area (Å²) in [6.45, 7) is 0. The van der Waals surface area contributed by atoms with E-state index in [1.807, 2.05) is 0 Å². The number of halogens is 4. The molecule has 2 aromatic carbocycles. The van der Waals surface area contributed by atoms with Crippen LogP contribution >= 0.6 is 15.9 Å². The molecule has 8 heteroatoms. The van der Waals surface area contributed by atoms with Crippen LogP contribution in [0, 0.1) is 5.92 Å². The minimum atomic E-state index is -4.88. The lowest BCUT2D eigenvalue weighted by atomic mass is 9.89. The molecule has 162 valence electrons. The zero-order valence-electron chi connectivity index (χ0n) is 16.3.